The van der Waals surface area contributed by atoms with Gasteiger partial charge in [0, 0.05) is 22.7 Å². The van der Waals surface area contributed by atoms with E-state index >= 15 is 0 Å². The summed E-state index contributed by atoms with van der Waals surface area (Å²) in [4.78, 5) is 35.4. The molecule has 0 unspecified atom stereocenters. The van der Waals surface area contributed by atoms with E-state index in [0.29, 0.717) is 34.9 Å². The molecule has 0 bridgehead atoms. The minimum atomic E-state index is -0.580. The zero-order valence-electron chi connectivity index (χ0n) is 15.8. The van der Waals surface area contributed by atoms with Gasteiger partial charge in [-0.05, 0) is 49.2 Å². The Balaban J connectivity index is 1.79. The van der Waals surface area contributed by atoms with Gasteiger partial charge in [0.25, 0.3) is 5.91 Å². The summed E-state index contributed by atoms with van der Waals surface area (Å²) in [5, 5.41) is 3.33. The number of Topliss-reactive ketones (excluding diaryl/α,β-unsaturated/α-hetero) is 1. The first-order valence-corrected chi connectivity index (χ1v) is 9.11. The molecular formula is C21H22ClNO5. The van der Waals surface area contributed by atoms with Gasteiger partial charge in [0.05, 0.1) is 13.5 Å². The molecule has 0 aliphatic heterocycles. The molecule has 1 amide bonds. The molecule has 0 fully saturated rings. The Labute approximate surface area is 168 Å². The number of hydrogen-bond donors (Lipinski definition) is 1. The fraction of sp³-hybridized carbons (Fsp3) is 0.286. The topological polar surface area (TPSA) is 81.7 Å². The Morgan fingerprint density at radius 1 is 1.11 bits per heavy atom. The highest BCUT2D eigenvalue weighted by Crippen LogP contribution is 2.21. The third-order valence-corrected chi connectivity index (χ3v) is 4.25. The van der Waals surface area contributed by atoms with Gasteiger partial charge >= 0.3 is 5.97 Å². The van der Waals surface area contributed by atoms with Crippen LogP contribution in [0.25, 0.3) is 0 Å². The summed E-state index contributed by atoms with van der Waals surface area (Å²) in [6.07, 6.45) is 0.523. The van der Waals surface area contributed by atoms with Gasteiger partial charge in [0.2, 0.25) is 0 Å². The van der Waals surface area contributed by atoms with E-state index in [4.69, 9.17) is 21.1 Å². The molecule has 0 aliphatic carbocycles. The number of hydrogen-bond acceptors (Lipinski definition) is 5. The molecule has 0 saturated heterocycles. The molecule has 2 aromatic carbocycles. The first-order valence-electron chi connectivity index (χ1n) is 8.73. The first-order chi connectivity index (χ1) is 13.4. The number of nitrogens with one attached hydrogen (secondary N) is 1. The number of carbonyl (C=O) groups is 3. The van der Waals surface area contributed by atoms with E-state index in [-0.39, 0.29) is 24.7 Å². The van der Waals surface area contributed by atoms with Crippen LogP contribution in [0.1, 0.15) is 28.4 Å². The second-order valence-corrected chi connectivity index (χ2v) is 6.59. The number of ether oxygens (including phenoxy) is 2. The van der Waals surface area contributed by atoms with Crippen molar-refractivity contribution in [2.45, 2.75) is 19.8 Å². The summed E-state index contributed by atoms with van der Waals surface area (Å²) in [5.41, 5.74) is 2.01. The van der Waals surface area contributed by atoms with Gasteiger partial charge in [-0.1, -0.05) is 23.7 Å². The van der Waals surface area contributed by atoms with E-state index < -0.39 is 5.97 Å². The lowest BCUT2D eigenvalue weighted by molar-refractivity contribution is -0.147. The van der Waals surface area contributed by atoms with Gasteiger partial charge in [-0.25, -0.2) is 0 Å². The molecule has 0 atom stereocenters. The molecule has 0 radical (unpaired) electrons. The highest BCUT2D eigenvalue weighted by molar-refractivity contribution is 6.30. The van der Waals surface area contributed by atoms with Crippen molar-refractivity contribution in [3.63, 3.8) is 0 Å². The predicted octanol–water partition coefficient (Wildman–Crippen LogP) is 3.00. The SMILES string of the molecule is COc1ccc(C(C)=O)cc1CC(=O)OCC(=O)NCCc1cccc(Cl)c1. The molecule has 2 rings (SSSR count). The van der Waals surface area contributed by atoms with Gasteiger partial charge in [-0.15, -0.1) is 0 Å². The first kappa shape index (κ1) is 21.4. The second kappa shape index (κ2) is 10.5. The average molecular weight is 404 g/mol. The Bertz CT molecular complexity index is 866. The number of ketones is 1. The molecule has 2 aromatic rings. The summed E-state index contributed by atoms with van der Waals surface area (Å²) in [6.45, 7) is 1.48. The maximum atomic E-state index is 12.0. The number of rotatable bonds is 9. The minimum Gasteiger partial charge on any atom is -0.496 e. The molecule has 6 nitrogen and oxygen atoms in total. The zero-order valence-corrected chi connectivity index (χ0v) is 16.5. The third-order valence-electron chi connectivity index (χ3n) is 4.01. The second-order valence-electron chi connectivity index (χ2n) is 6.15. The fourth-order valence-corrected chi connectivity index (χ4v) is 2.79. The number of amides is 1. The summed E-state index contributed by atoms with van der Waals surface area (Å²) >= 11 is 5.91. The van der Waals surface area contributed by atoms with Crippen LogP contribution >= 0.6 is 11.6 Å². The molecule has 0 saturated carbocycles. The molecule has 28 heavy (non-hydrogen) atoms. The van der Waals surface area contributed by atoms with E-state index in [1.54, 1.807) is 24.3 Å². The summed E-state index contributed by atoms with van der Waals surface area (Å²) < 4.78 is 10.2. The molecule has 0 spiro atoms. The maximum Gasteiger partial charge on any atom is 0.310 e. The van der Waals surface area contributed by atoms with Gasteiger partial charge in [-0.2, -0.15) is 0 Å². The summed E-state index contributed by atoms with van der Waals surface area (Å²) in [7, 11) is 1.48. The molecule has 7 heteroatoms. The Morgan fingerprint density at radius 3 is 2.57 bits per heavy atom. The molecule has 1 N–H and O–H groups in total. The van der Waals surface area contributed by atoms with Crippen LogP contribution in [0.15, 0.2) is 42.5 Å². The normalized spacial score (nSPS) is 10.2. The van der Waals surface area contributed by atoms with Gasteiger partial charge in [-0.3, -0.25) is 14.4 Å². The Hall–Kier alpha value is -2.86. The Kier molecular flexibility index (Phi) is 8.02. The highest BCUT2D eigenvalue weighted by atomic mass is 35.5. The van der Waals surface area contributed by atoms with Crippen LogP contribution in [-0.4, -0.2) is 37.9 Å². The number of carbonyl (C=O) groups excluding carboxylic acids is 3. The molecule has 148 valence electrons. The van der Waals surface area contributed by atoms with Crippen LogP contribution in [0.4, 0.5) is 0 Å². The third kappa shape index (κ3) is 6.70. The molecule has 0 aromatic heterocycles. The van der Waals surface area contributed by atoms with Crippen molar-refractivity contribution in [3.05, 3.63) is 64.2 Å². The minimum absolute atomic E-state index is 0.0971. The van der Waals surface area contributed by atoms with Crippen LogP contribution in [0, 0.1) is 0 Å². The van der Waals surface area contributed by atoms with E-state index in [1.807, 2.05) is 18.2 Å². The number of esters is 1. The van der Waals surface area contributed by atoms with Crippen molar-refractivity contribution in [1.29, 1.82) is 0 Å². The van der Waals surface area contributed by atoms with E-state index in [0.717, 1.165) is 5.56 Å². The van der Waals surface area contributed by atoms with E-state index in [2.05, 4.69) is 5.32 Å². The van der Waals surface area contributed by atoms with Crippen LogP contribution in [0.5, 0.6) is 5.75 Å². The number of halogens is 1. The largest absolute Gasteiger partial charge is 0.496 e. The smallest absolute Gasteiger partial charge is 0.310 e. The van der Waals surface area contributed by atoms with Crippen LogP contribution in [0.3, 0.4) is 0 Å². The highest BCUT2D eigenvalue weighted by Gasteiger charge is 2.14. The standard InChI is InChI=1S/C21H22ClNO5/c1-14(24)16-6-7-19(27-2)17(11-16)12-21(26)28-13-20(25)23-9-8-15-4-3-5-18(22)10-15/h3-7,10-11H,8-9,12-13H2,1-2H3,(H,23,25). The summed E-state index contributed by atoms with van der Waals surface area (Å²) in [6, 6.07) is 12.2. The maximum absolute atomic E-state index is 12.0. The van der Waals surface area contributed by atoms with Crippen LogP contribution < -0.4 is 10.1 Å². The average Bonchev–Trinajstić information content (AvgIpc) is 2.66. The lowest BCUT2D eigenvalue weighted by atomic mass is 10.0. The zero-order chi connectivity index (χ0) is 20.5. The summed E-state index contributed by atoms with van der Waals surface area (Å²) in [5.74, 6) is -0.604. The Morgan fingerprint density at radius 2 is 1.89 bits per heavy atom. The van der Waals surface area contributed by atoms with E-state index in [9.17, 15) is 14.4 Å². The number of methoxy groups -OCH3 is 1. The van der Waals surface area contributed by atoms with Gasteiger partial charge in [0.1, 0.15) is 5.75 Å². The van der Waals surface area contributed by atoms with Crippen molar-refractivity contribution in [2.75, 3.05) is 20.3 Å². The van der Waals surface area contributed by atoms with Crippen molar-refractivity contribution in [1.82, 2.24) is 5.32 Å². The molecule has 0 aliphatic rings. The lowest BCUT2D eigenvalue weighted by Crippen LogP contribution is -2.30. The predicted molar refractivity (Wildman–Crippen MR) is 106 cm³/mol. The van der Waals surface area contributed by atoms with Gasteiger partial charge in [0.15, 0.2) is 12.4 Å². The quantitative estimate of drug-likeness (QED) is 0.514. The monoisotopic (exact) mass is 403 g/mol. The van der Waals surface area contributed by atoms with Crippen molar-refractivity contribution < 1.29 is 23.9 Å². The van der Waals surface area contributed by atoms with Crippen LogP contribution in [-0.2, 0) is 27.2 Å². The number of benzene rings is 2. The van der Waals surface area contributed by atoms with Crippen LogP contribution in [0.2, 0.25) is 5.02 Å². The van der Waals surface area contributed by atoms with Crippen molar-refractivity contribution in [2.24, 2.45) is 0 Å². The fourth-order valence-electron chi connectivity index (χ4n) is 2.58. The lowest BCUT2D eigenvalue weighted by Gasteiger charge is -2.10. The van der Waals surface area contributed by atoms with Crippen molar-refractivity contribution in [3.8, 4) is 5.75 Å². The van der Waals surface area contributed by atoms with Gasteiger partial charge < -0.3 is 14.8 Å². The van der Waals surface area contributed by atoms with Crippen molar-refractivity contribution >= 4 is 29.3 Å². The molecule has 0 heterocycles. The molecular weight excluding hydrogens is 382 g/mol. The van der Waals surface area contributed by atoms with E-state index in [1.165, 1.54) is 14.0 Å².